The molecule has 0 N–H and O–H groups in total. The molecule has 20 nitrogen and oxygen atoms in total. The van der Waals surface area contributed by atoms with E-state index in [9.17, 15) is 0 Å². The summed E-state index contributed by atoms with van der Waals surface area (Å²) in [5.74, 6) is 3.13. The van der Waals surface area contributed by atoms with Gasteiger partial charge in [-0.3, -0.25) is 0 Å². The van der Waals surface area contributed by atoms with Gasteiger partial charge in [0.25, 0.3) is 0 Å². The Labute approximate surface area is 602 Å². The summed E-state index contributed by atoms with van der Waals surface area (Å²) in [6, 6.07) is 23.8. The van der Waals surface area contributed by atoms with Gasteiger partial charge in [0.2, 0.25) is 0 Å². The molecule has 8 heterocycles. The van der Waals surface area contributed by atoms with Crippen LogP contribution in [-0.2, 0) is 85.7 Å². The molecule has 2 aromatic rings. The Hall–Kier alpha value is -0.945. The van der Waals surface area contributed by atoms with Crippen LogP contribution in [0.3, 0.4) is 0 Å². The number of hydrogen-bond acceptors (Lipinski definition) is 20. The lowest BCUT2D eigenvalue weighted by atomic mass is 9.87. The fourth-order valence-electron chi connectivity index (χ4n) is 15.4. The molecule has 2 aromatic carbocycles. The lowest BCUT2D eigenvalue weighted by Gasteiger charge is -2.50. The van der Waals surface area contributed by atoms with Gasteiger partial charge in [-0.05, 0) is 245 Å². The maximum absolute atomic E-state index is 7.47. The van der Waals surface area contributed by atoms with Crippen molar-refractivity contribution in [2.75, 3.05) is 92.5 Å². The van der Waals surface area contributed by atoms with Crippen molar-refractivity contribution in [2.24, 2.45) is 11.8 Å². The third-order valence-electron chi connectivity index (χ3n) is 21.0. The lowest BCUT2D eigenvalue weighted by molar-refractivity contribution is 0.113. The van der Waals surface area contributed by atoms with E-state index in [4.69, 9.17) is 89.8 Å². The van der Waals surface area contributed by atoms with Gasteiger partial charge >= 0.3 is 68.5 Å². The molecule has 0 bridgehead atoms. The summed E-state index contributed by atoms with van der Waals surface area (Å²) in [5, 5.41) is 0. The zero-order valence-corrected chi connectivity index (χ0v) is 70.5. The summed E-state index contributed by atoms with van der Waals surface area (Å²) in [4.78, 5) is 0. The number of hydrogen-bond donors (Lipinski definition) is 0. The molecule has 28 heteroatoms. The highest BCUT2D eigenvalue weighted by atomic mass is 28.5. The molecule has 12 rings (SSSR count). The average Bonchev–Trinajstić information content (AvgIpc) is 1.60. The van der Waals surface area contributed by atoms with E-state index in [-0.39, 0.29) is 29.8 Å². The second-order valence-electron chi connectivity index (χ2n) is 32.8. The van der Waals surface area contributed by atoms with Gasteiger partial charge in [-0.25, -0.2) is 0 Å². The van der Waals surface area contributed by atoms with Crippen LogP contribution in [0.4, 0.5) is 0 Å². The molecule has 0 radical (unpaired) electrons. The molecule has 10 aliphatic rings. The maximum Gasteiger partial charge on any atom is 0.317 e. The van der Waals surface area contributed by atoms with E-state index in [0.29, 0.717) is 102 Å². The minimum Gasteiger partial charge on any atom is -0.494 e. The van der Waals surface area contributed by atoms with Crippen LogP contribution in [0.2, 0.25) is 101 Å². The standard InChI is InChI=1S/C37H66O10Si4.C34H60O10Si4/c1-37(2,3)31-12-14-32(15-13-31)40-20-10-23-50(6)45-48(4,21-8-18-38-26-33-28-41-33)44-49(5,22-9-19-39-27-34-29-42-34)46-51(7,47-50)24-17-30-11-16-35-36(25-30)43-35;1-28-9-12-30(13-10-28)37-18-8-21-47(4)42-45(2,19-6-16-35-24-31-26-38-31)41-46(3,20-7-17-36-25-32-27-39-32)43-48(5,44-47)22-15-29-11-14-33-34(23-29)40-33/h12-15,30,33-36H,8-11,16-29H2,1-7H3;9-10,12-13,29,31-34H,6-8,11,14-27H2,1-5H3. The molecule has 0 spiro atoms. The second kappa shape index (κ2) is 35.4. The fourth-order valence-corrected chi connectivity index (χ4v) is 62.1. The first-order chi connectivity index (χ1) is 47.2. The Morgan fingerprint density at radius 1 is 0.354 bits per heavy atom. The van der Waals surface area contributed by atoms with Gasteiger partial charge in [-0.2, -0.15) is 0 Å². The van der Waals surface area contributed by atoms with Crippen LogP contribution >= 0.6 is 0 Å². The van der Waals surface area contributed by atoms with E-state index in [1.807, 2.05) is 12.1 Å². The molecule has 99 heavy (non-hydrogen) atoms. The van der Waals surface area contributed by atoms with E-state index in [1.165, 1.54) is 49.7 Å². The first-order valence-electron chi connectivity index (χ1n) is 38.3. The molecule has 2 aliphatic carbocycles. The van der Waals surface area contributed by atoms with Gasteiger partial charge in [0.15, 0.2) is 0 Å². The summed E-state index contributed by atoms with van der Waals surface area (Å²) < 4.78 is 129. The normalized spacial score (nSPS) is 38.3. The van der Waals surface area contributed by atoms with Gasteiger partial charge in [0, 0.05) is 26.4 Å². The largest absolute Gasteiger partial charge is 0.494 e. The SMILES string of the molecule is CC(C)(C)c1ccc(OCCC[Si]2(C)O[Si](C)(CCCOCC3CO3)O[Si](C)(CCCOCC3CO3)O[Si](C)(CCC3CCC4OC4C3)O2)cc1.Cc1ccc(OCCC[Si]2(C)O[Si](C)(CCCOCC3CO3)O[Si](C)(CCCOCC3CO3)O[Si](C)(CCC3CCC4OC4C3)O2)cc1. The molecule has 18 atom stereocenters. The Morgan fingerprint density at radius 3 is 0.899 bits per heavy atom. The van der Waals surface area contributed by atoms with Crippen molar-refractivity contribution in [2.45, 2.75) is 273 Å². The van der Waals surface area contributed by atoms with Crippen molar-refractivity contribution >= 4 is 68.5 Å². The molecular weight excluding hydrogens is 1400 g/mol. The molecule has 8 aliphatic heterocycles. The van der Waals surface area contributed by atoms with Gasteiger partial charge in [0.1, 0.15) is 35.9 Å². The van der Waals surface area contributed by atoms with Crippen LogP contribution in [0.15, 0.2) is 48.5 Å². The highest BCUT2D eigenvalue weighted by Gasteiger charge is 2.59. The van der Waals surface area contributed by atoms with Crippen LogP contribution in [0.1, 0.15) is 122 Å². The smallest absolute Gasteiger partial charge is 0.317 e. The van der Waals surface area contributed by atoms with E-state index < -0.39 is 68.5 Å². The number of ether oxygens (including phenoxy) is 12. The molecule has 562 valence electrons. The Balaban J connectivity index is 0.000000200. The Bertz CT molecular complexity index is 2780. The fraction of sp³-hybridized carbons (Fsp3) is 0.831. The first-order valence-corrected chi connectivity index (χ1v) is 58.5. The highest BCUT2D eigenvalue weighted by molar-refractivity contribution is 6.95. The summed E-state index contributed by atoms with van der Waals surface area (Å²) >= 11 is 0. The quantitative estimate of drug-likeness (QED) is 0.0346. The molecule has 0 amide bonds. The molecule has 2 saturated carbocycles. The van der Waals surface area contributed by atoms with Crippen molar-refractivity contribution in [3.63, 3.8) is 0 Å². The van der Waals surface area contributed by atoms with E-state index in [2.05, 4.69) is 116 Å². The third-order valence-corrected chi connectivity index (χ3v) is 58.6. The number of rotatable bonds is 40. The average molecular weight is 1520 g/mol. The predicted molar refractivity (Wildman–Crippen MR) is 399 cm³/mol. The van der Waals surface area contributed by atoms with Crippen LogP contribution in [-0.4, -0.2) is 210 Å². The van der Waals surface area contributed by atoms with Crippen molar-refractivity contribution in [1.29, 1.82) is 0 Å². The van der Waals surface area contributed by atoms with Crippen molar-refractivity contribution < 1.29 is 89.8 Å². The lowest BCUT2D eigenvalue weighted by Crippen LogP contribution is -2.67. The minimum atomic E-state index is -2.75. The minimum absolute atomic E-state index is 0.115. The number of epoxide rings is 6. The maximum atomic E-state index is 7.47. The van der Waals surface area contributed by atoms with Crippen molar-refractivity contribution in [1.82, 2.24) is 0 Å². The summed E-state index contributed by atoms with van der Waals surface area (Å²) in [5.41, 5.74) is 2.65. The molecule has 18 unspecified atom stereocenters. The molecule has 0 aromatic heterocycles. The number of benzene rings is 2. The highest BCUT2D eigenvalue weighted by Crippen LogP contribution is 2.47. The van der Waals surface area contributed by atoms with Crippen LogP contribution in [0, 0.1) is 18.8 Å². The van der Waals surface area contributed by atoms with Crippen LogP contribution in [0.5, 0.6) is 11.5 Å². The topological polar surface area (TPSA) is 204 Å². The number of fused-ring (bicyclic) bond motifs is 2. The van der Waals surface area contributed by atoms with Crippen molar-refractivity contribution in [3.05, 3.63) is 59.7 Å². The van der Waals surface area contributed by atoms with Crippen LogP contribution < -0.4 is 9.47 Å². The zero-order chi connectivity index (χ0) is 69.8. The van der Waals surface area contributed by atoms with E-state index in [0.717, 1.165) is 138 Å². The Kier molecular flexibility index (Phi) is 28.3. The van der Waals surface area contributed by atoms with Crippen molar-refractivity contribution in [3.8, 4) is 11.5 Å². The van der Waals surface area contributed by atoms with Gasteiger partial charge in [-0.1, -0.05) is 50.6 Å². The van der Waals surface area contributed by atoms with Gasteiger partial charge < -0.3 is 89.8 Å². The monoisotopic (exact) mass is 1520 g/mol. The summed E-state index contributed by atoms with van der Waals surface area (Å²) in [6.07, 6.45) is 17.7. The molecular formula is C71H126O20Si8. The van der Waals surface area contributed by atoms with Gasteiger partial charge in [0.05, 0.1) is 90.5 Å². The van der Waals surface area contributed by atoms with E-state index in [1.54, 1.807) is 0 Å². The predicted octanol–water partition coefficient (Wildman–Crippen LogP) is 14.4. The second-order valence-corrected chi connectivity index (χ2v) is 61.4. The first kappa shape index (κ1) is 79.1. The van der Waals surface area contributed by atoms with Crippen LogP contribution in [0.25, 0.3) is 0 Å². The summed E-state index contributed by atoms with van der Waals surface area (Å²) in [7, 11) is -21.7. The summed E-state index contributed by atoms with van der Waals surface area (Å²) in [6.45, 7) is 36.7. The Morgan fingerprint density at radius 2 is 0.626 bits per heavy atom. The zero-order valence-electron chi connectivity index (χ0n) is 62.5. The molecule has 10 fully saturated rings. The van der Waals surface area contributed by atoms with Gasteiger partial charge in [-0.15, -0.1) is 0 Å². The number of aryl methyl sites for hydroxylation is 1. The van der Waals surface area contributed by atoms with E-state index >= 15 is 0 Å². The molecule has 8 saturated heterocycles. The third kappa shape index (κ3) is 27.4.